The fraction of sp³-hybridized carbons (Fsp3) is 0.182. The van der Waals surface area contributed by atoms with Gasteiger partial charge < -0.3 is 9.64 Å². The number of halogens is 1. The lowest BCUT2D eigenvalue weighted by Gasteiger charge is -2.15. The molecule has 0 unspecified atom stereocenters. The van der Waals surface area contributed by atoms with Crippen LogP contribution in [0, 0.1) is 6.92 Å². The largest absolute Gasteiger partial charge is 0.487 e. The molecule has 4 nitrogen and oxygen atoms in total. The van der Waals surface area contributed by atoms with Crippen molar-refractivity contribution in [2.45, 2.75) is 20.1 Å². The molecule has 3 aromatic rings. The molecule has 2 aromatic carbocycles. The maximum Gasteiger partial charge on any atom is 0.246 e. The Morgan fingerprint density at radius 3 is 2.54 bits per heavy atom. The summed E-state index contributed by atoms with van der Waals surface area (Å²) >= 11 is 7.50. The molecule has 0 saturated carbocycles. The maximum atomic E-state index is 12.3. The van der Waals surface area contributed by atoms with E-state index in [-0.39, 0.29) is 5.91 Å². The summed E-state index contributed by atoms with van der Waals surface area (Å²) in [7, 11) is 1.78. The minimum absolute atomic E-state index is 0.0609. The van der Waals surface area contributed by atoms with Crippen molar-refractivity contribution in [2.24, 2.45) is 0 Å². The lowest BCUT2D eigenvalue weighted by Crippen LogP contribution is -2.24. The van der Waals surface area contributed by atoms with E-state index in [1.807, 2.05) is 60.8 Å². The van der Waals surface area contributed by atoms with E-state index < -0.39 is 0 Å². The zero-order valence-corrected chi connectivity index (χ0v) is 17.3. The smallest absolute Gasteiger partial charge is 0.246 e. The molecule has 28 heavy (non-hydrogen) atoms. The number of hydrogen-bond donors (Lipinski definition) is 0. The van der Waals surface area contributed by atoms with Crippen LogP contribution < -0.4 is 4.74 Å². The average molecular weight is 413 g/mol. The van der Waals surface area contributed by atoms with Crippen molar-refractivity contribution in [3.8, 4) is 5.75 Å². The van der Waals surface area contributed by atoms with Gasteiger partial charge in [-0.15, -0.1) is 11.3 Å². The first-order valence-corrected chi connectivity index (χ1v) is 10.1. The Morgan fingerprint density at radius 1 is 1.18 bits per heavy atom. The third-order valence-electron chi connectivity index (χ3n) is 4.06. The first-order valence-electron chi connectivity index (χ1n) is 8.81. The lowest BCUT2D eigenvalue weighted by molar-refractivity contribution is -0.125. The SMILES string of the molecule is Cc1nc(COc2ccc(/C=C/C(=O)N(C)Cc3ccc(Cl)cc3)cc2)cs1. The second kappa shape index (κ2) is 9.53. The zero-order valence-electron chi connectivity index (χ0n) is 15.8. The fourth-order valence-electron chi connectivity index (χ4n) is 2.54. The number of ether oxygens (including phenoxy) is 1. The highest BCUT2D eigenvalue weighted by Gasteiger charge is 2.06. The predicted octanol–water partition coefficient (Wildman–Crippen LogP) is 5.36. The molecule has 0 N–H and O–H groups in total. The molecule has 3 rings (SSSR count). The highest BCUT2D eigenvalue weighted by Crippen LogP contribution is 2.16. The van der Waals surface area contributed by atoms with Crippen LogP contribution in [-0.2, 0) is 17.9 Å². The molecule has 0 aliphatic rings. The van der Waals surface area contributed by atoms with Crippen LogP contribution >= 0.6 is 22.9 Å². The van der Waals surface area contributed by atoms with Gasteiger partial charge in [-0.3, -0.25) is 4.79 Å². The molecule has 144 valence electrons. The fourth-order valence-corrected chi connectivity index (χ4v) is 3.27. The standard InChI is InChI=1S/C22H21ClN2O2S/c1-16-24-20(15-28-16)14-27-21-10-5-17(6-11-21)7-12-22(26)25(2)13-18-3-8-19(23)9-4-18/h3-12,15H,13-14H2,1-2H3/b12-7+. The Balaban J connectivity index is 1.51. The zero-order chi connectivity index (χ0) is 19.9. The van der Waals surface area contributed by atoms with Crippen molar-refractivity contribution in [1.82, 2.24) is 9.88 Å². The van der Waals surface area contributed by atoms with Crippen LogP contribution in [0.4, 0.5) is 0 Å². The van der Waals surface area contributed by atoms with Gasteiger partial charge in [0.05, 0.1) is 10.7 Å². The molecule has 0 aliphatic heterocycles. The van der Waals surface area contributed by atoms with E-state index in [1.165, 1.54) is 0 Å². The number of amides is 1. The summed E-state index contributed by atoms with van der Waals surface area (Å²) < 4.78 is 5.73. The van der Waals surface area contributed by atoms with E-state index in [0.29, 0.717) is 18.2 Å². The van der Waals surface area contributed by atoms with Gasteiger partial charge >= 0.3 is 0 Å². The Bertz CT molecular complexity index is 949. The van der Waals surface area contributed by atoms with Crippen molar-refractivity contribution in [1.29, 1.82) is 0 Å². The van der Waals surface area contributed by atoms with E-state index in [0.717, 1.165) is 27.6 Å². The van der Waals surface area contributed by atoms with Crippen LogP contribution in [0.1, 0.15) is 21.8 Å². The summed E-state index contributed by atoms with van der Waals surface area (Å²) in [5.41, 5.74) is 2.90. The number of thiazole rings is 1. The highest BCUT2D eigenvalue weighted by molar-refractivity contribution is 7.09. The minimum Gasteiger partial charge on any atom is -0.487 e. The maximum absolute atomic E-state index is 12.3. The molecule has 0 fully saturated rings. The molecular formula is C22H21ClN2O2S. The summed E-state index contributed by atoms with van der Waals surface area (Å²) in [6.45, 7) is 2.96. The van der Waals surface area contributed by atoms with Gasteiger partial charge in [0.1, 0.15) is 12.4 Å². The molecule has 6 heteroatoms. The first kappa shape index (κ1) is 20.1. The summed E-state index contributed by atoms with van der Waals surface area (Å²) in [5, 5.41) is 3.72. The number of likely N-dealkylation sites (N-methyl/N-ethyl adjacent to an activating group) is 1. The van der Waals surface area contributed by atoms with Crippen molar-refractivity contribution in [3.63, 3.8) is 0 Å². The topological polar surface area (TPSA) is 42.4 Å². The number of aromatic nitrogens is 1. The third kappa shape index (κ3) is 5.94. The molecule has 0 radical (unpaired) electrons. The summed E-state index contributed by atoms with van der Waals surface area (Å²) in [4.78, 5) is 18.3. The normalized spacial score (nSPS) is 11.0. The molecule has 0 saturated heterocycles. The van der Waals surface area contributed by atoms with Crippen LogP contribution in [0.25, 0.3) is 6.08 Å². The van der Waals surface area contributed by atoms with E-state index in [4.69, 9.17) is 16.3 Å². The quantitative estimate of drug-likeness (QED) is 0.491. The molecule has 0 bridgehead atoms. The second-order valence-electron chi connectivity index (χ2n) is 6.37. The third-order valence-corrected chi connectivity index (χ3v) is 5.14. The van der Waals surface area contributed by atoms with Crippen LogP contribution in [-0.4, -0.2) is 22.8 Å². The predicted molar refractivity (Wildman–Crippen MR) is 115 cm³/mol. The minimum atomic E-state index is -0.0609. The number of carbonyl (C=O) groups excluding carboxylic acids is 1. The van der Waals surface area contributed by atoms with Gasteiger partial charge in [-0.1, -0.05) is 35.9 Å². The van der Waals surface area contributed by atoms with Crippen LogP contribution in [0.3, 0.4) is 0 Å². The van der Waals surface area contributed by atoms with E-state index in [9.17, 15) is 4.79 Å². The average Bonchev–Trinajstić information content (AvgIpc) is 3.12. The van der Waals surface area contributed by atoms with Crippen LogP contribution in [0.2, 0.25) is 5.02 Å². The van der Waals surface area contributed by atoms with E-state index in [2.05, 4.69) is 4.98 Å². The van der Waals surface area contributed by atoms with Crippen LogP contribution in [0.5, 0.6) is 5.75 Å². The highest BCUT2D eigenvalue weighted by atomic mass is 35.5. The van der Waals surface area contributed by atoms with Gasteiger partial charge in [0.2, 0.25) is 5.91 Å². The summed E-state index contributed by atoms with van der Waals surface area (Å²) in [5.74, 6) is 0.711. The van der Waals surface area contributed by atoms with Gasteiger partial charge in [0.25, 0.3) is 0 Å². The molecule has 0 spiro atoms. The molecular weight excluding hydrogens is 392 g/mol. The van der Waals surface area contributed by atoms with Gasteiger partial charge in [-0.25, -0.2) is 4.98 Å². The first-order chi connectivity index (χ1) is 13.5. The molecule has 1 aromatic heterocycles. The Hall–Kier alpha value is -2.63. The van der Waals surface area contributed by atoms with Gasteiger partial charge in [0.15, 0.2) is 0 Å². The lowest BCUT2D eigenvalue weighted by atomic mass is 10.2. The van der Waals surface area contributed by atoms with Gasteiger partial charge in [0, 0.05) is 30.1 Å². The number of nitrogens with zero attached hydrogens (tertiary/aromatic N) is 2. The molecule has 1 amide bonds. The Kier molecular flexibility index (Phi) is 6.85. The summed E-state index contributed by atoms with van der Waals surface area (Å²) in [6.07, 6.45) is 3.37. The van der Waals surface area contributed by atoms with Crippen molar-refractivity contribution in [2.75, 3.05) is 7.05 Å². The van der Waals surface area contributed by atoms with E-state index in [1.54, 1.807) is 35.4 Å². The number of carbonyl (C=O) groups is 1. The number of rotatable bonds is 7. The second-order valence-corrected chi connectivity index (χ2v) is 7.87. The number of aryl methyl sites for hydroxylation is 1. The van der Waals surface area contributed by atoms with Crippen molar-refractivity contribution >= 4 is 34.9 Å². The van der Waals surface area contributed by atoms with Crippen molar-refractivity contribution in [3.05, 3.63) is 86.8 Å². The molecule has 0 aliphatic carbocycles. The Morgan fingerprint density at radius 2 is 1.89 bits per heavy atom. The van der Waals surface area contributed by atoms with Gasteiger partial charge in [-0.2, -0.15) is 0 Å². The van der Waals surface area contributed by atoms with Gasteiger partial charge in [-0.05, 0) is 48.4 Å². The monoisotopic (exact) mass is 412 g/mol. The number of benzene rings is 2. The van der Waals surface area contributed by atoms with Crippen LogP contribution in [0.15, 0.2) is 60.0 Å². The van der Waals surface area contributed by atoms with E-state index >= 15 is 0 Å². The number of hydrogen-bond acceptors (Lipinski definition) is 4. The Labute approximate surface area is 174 Å². The van der Waals surface area contributed by atoms with Crippen molar-refractivity contribution < 1.29 is 9.53 Å². The molecule has 0 atom stereocenters. The summed E-state index contributed by atoms with van der Waals surface area (Å²) in [6, 6.07) is 15.1. The molecule has 1 heterocycles.